The van der Waals surface area contributed by atoms with E-state index in [0.29, 0.717) is 0 Å². The van der Waals surface area contributed by atoms with E-state index in [0.717, 1.165) is 21.7 Å². The summed E-state index contributed by atoms with van der Waals surface area (Å²) in [6, 6.07) is 15.7. The van der Waals surface area contributed by atoms with Gasteiger partial charge in [0.25, 0.3) is 0 Å². The van der Waals surface area contributed by atoms with Gasteiger partial charge in [0, 0.05) is 16.1 Å². The molecule has 0 saturated carbocycles. The van der Waals surface area contributed by atoms with Gasteiger partial charge in [-0.3, -0.25) is 0 Å². The summed E-state index contributed by atoms with van der Waals surface area (Å²) in [6.07, 6.45) is 0. The molecule has 0 aliphatic heterocycles. The first-order chi connectivity index (χ1) is 6.79. The van der Waals surface area contributed by atoms with Gasteiger partial charge in [-0.1, -0.05) is 36.4 Å². The molecule has 0 atom stereocenters. The van der Waals surface area contributed by atoms with Gasteiger partial charge in [-0.25, -0.2) is 0 Å². The van der Waals surface area contributed by atoms with Crippen LogP contribution in [0.5, 0.6) is 0 Å². The molecule has 0 radical (unpaired) electrons. The normalized spacial score (nSPS) is 9.40. The topological polar surface area (TPSA) is 26.0 Å². The van der Waals surface area contributed by atoms with Crippen molar-refractivity contribution in [2.75, 3.05) is 5.73 Å². The van der Waals surface area contributed by atoms with Crippen molar-refractivity contribution in [3.8, 4) is 11.1 Å². The Morgan fingerprint density at radius 3 is 2.00 bits per heavy atom. The van der Waals surface area contributed by atoms with E-state index in [1.54, 1.807) is 0 Å². The van der Waals surface area contributed by atoms with Crippen molar-refractivity contribution in [2.24, 2.45) is 0 Å². The van der Waals surface area contributed by atoms with E-state index in [1.807, 2.05) is 48.5 Å². The number of rotatable bonds is 1. The summed E-state index contributed by atoms with van der Waals surface area (Å²) in [5.41, 5.74) is 8.79. The Morgan fingerprint density at radius 1 is 0.867 bits per heavy atom. The standard InChI is InChI=1S/C12H11NS.K.H/c13-11-7-3-1-5-9(11)10-6-2-4-8-12(10)14;;/h1-8,14H,13H2;;/q;+1;-1. The number of nitrogen functional groups attached to an aromatic ring is 1. The number of para-hydroxylation sites is 1. The number of benzene rings is 2. The summed E-state index contributed by atoms with van der Waals surface area (Å²) >= 11 is 4.40. The molecule has 3 heteroatoms. The Bertz CT molecular complexity index is 419. The van der Waals surface area contributed by atoms with Crippen LogP contribution in [0.15, 0.2) is 53.4 Å². The van der Waals surface area contributed by atoms with Crippen LogP contribution in [0.2, 0.25) is 0 Å². The first kappa shape index (κ1) is 13.3. The van der Waals surface area contributed by atoms with Crippen molar-refractivity contribution < 1.29 is 52.8 Å². The van der Waals surface area contributed by atoms with Gasteiger partial charge in [0.05, 0.1) is 0 Å². The maximum Gasteiger partial charge on any atom is 1.00 e. The third-order valence-corrected chi connectivity index (χ3v) is 2.54. The van der Waals surface area contributed by atoms with Crippen LogP contribution in [0.3, 0.4) is 0 Å². The Kier molecular flexibility index (Phi) is 5.39. The van der Waals surface area contributed by atoms with E-state index in [9.17, 15) is 0 Å². The molecule has 0 bridgehead atoms. The zero-order valence-corrected chi connectivity index (χ0v) is 12.7. The zero-order chi connectivity index (χ0) is 9.97. The van der Waals surface area contributed by atoms with Crippen molar-refractivity contribution in [1.82, 2.24) is 0 Å². The van der Waals surface area contributed by atoms with Crippen LogP contribution in [0.1, 0.15) is 1.43 Å². The molecule has 0 amide bonds. The predicted molar refractivity (Wildman–Crippen MR) is 64.7 cm³/mol. The second kappa shape index (κ2) is 6.08. The van der Waals surface area contributed by atoms with Crippen LogP contribution >= 0.6 is 12.6 Å². The summed E-state index contributed by atoms with van der Waals surface area (Å²) < 4.78 is 0. The molecule has 0 unspecified atom stereocenters. The summed E-state index contributed by atoms with van der Waals surface area (Å²) in [5, 5.41) is 0. The second-order valence-corrected chi connectivity index (χ2v) is 3.59. The molecule has 1 nitrogen and oxygen atoms in total. The Morgan fingerprint density at radius 2 is 1.40 bits per heavy atom. The summed E-state index contributed by atoms with van der Waals surface area (Å²) in [7, 11) is 0. The first-order valence-corrected chi connectivity index (χ1v) is 4.86. The third kappa shape index (κ3) is 3.09. The molecular weight excluding hydrogens is 229 g/mol. The number of hydrogen-bond acceptors (Lipinski definition) is 2. The van der Waals surface area contributed by atoms with Gasteiger partial charge in [0.15, 0.2) is 0 Å². The maximum absolute atomic E-state index is 5.89. The van der Waals surface area contributed by atoms with Gasteiger partial charge in [-0.2, -0.15) is 0 Å². The average molecular weight is 241 g/mol. The largest absolute Gasteiger partial charge is 1.00 e. The monoisotopic (exact) mass is 241 g/mol. The molecule has 2 aromatic rings. The Balaban J connectivity index is 0.00000112. The molecule has 72 valence electrons. The minimum atomic E-state index is 0. The summed E-state index contributed by atoms with van der Waals surface area (Å²) in [6.45, 7) is 0. The van der Waals surface area contributed by atoms with E-state index >= 15 is 0 Å². The number of anilines is 1. The molecular formula is C12H12KNS. The van der Waals surface area contributed by atoms with Gasteiger partial charge in [-0.05, 0) is 17.7 Å². The molecule has 15 heavy (non-hydrogen) atoms. The van der Waals surface area contributed by atoms with Crippen LogP contribution in [0, 0.1) is 0 Å². The van der Waals surface area contributed by atoms with Crippen molar-refractivity contribution >= 4 is 18.3 Å². The summed E-state index contributed by atoms with van der Waals surface area (Å²) in [4.78, 5) is 0.949. The van der Waals surface area contributed by atoms with Crippen LogP contribution in [0.4, 0.5) is 5.69 Å². The Hall–Kier alpha value is 0.226. The van der Waals surface area contributed by atoms with Gasteiger partial charge in [0.2, 0.25) is 0 Å². The van der Waals surface area contributed by atoms with Crippen molar-refractivity contribution in [2.45, 2.75) is 4.90 Å². The maximum atomic E-state index is 5.89. The van der Waals surface area contributed by atoms with Gasteiger partial charge in [0.1, 0.15) is 0 Å². The average Bonchev–Trinajstić information content (AvgIpc) is 2.20. The van der Waals surface area contributed by atoms with E-state index in [2.05, 4.69) is 12.6 Å². The number of thiol groups is 1. The predicted octanol–water partition coefficient (Wildman–Crippen LogP) is 0.341. The molecule has 0 spiro atoms. The van der Waals surface area contributed by atoms with Gasteiger partial charge in [-0.15, -0.1) is 12.6 Å². The minimum Gasteiger partial charge on any atom is -1.00 e. The molecule has 0 heterocycles. The van der Waals surface area contributed by atoms with Crippen molar-refractivity contribution in [1.29, 1.82) is 0 Å². The van der Waals surface area contributed by atoms with Gasteiger partial charge >= 0.3 is 51.4 Å². The van der Waals surface area contributed by atoms with Crippen molar-refractivity contribution in [3.05, 3.63) is 48.5 Å². The minimum absolute atomic E-state index is 0. The molecule has 0 fully saturated rings. The fourth-order valence-electron chi connectivity index (χ4n) is 1.44. The van der Waals surface area contributed by atoms with Crippen LogP contribution in [-0.4, -0.2) is 0 Å². The quantitative estimate of drug-likeness (QED) is 0.420. The smallest absolute Gasteiger partial charge is 1.00 e. The number of nitrogens with two attached hydrogens (primary N) is 1. The molecule has 0 aliphatic rings. The molecule has 0 aliphatic carbocycles. The molecule has 2 N–H and O–H groups in total. The van der Waals surface area contributed by atoms with E-state index in [1.165, 1.54) is 0 Å². The summed E-state index contributed by atoms with van der Waals surface area (Å²) in [5.74, 6) is 0. The molecule has 2 aromatic carbocycles. The van der Waals surface area contributed by atoms with Gasteiger partial charge < -0.3 is 7.16 Å². The molecule has 0 saturated heterocycles. The molecule has 0 aromatic heterocycles. The van der Waals surface area contributed by atoms with E-state index in [4.69, 9.17) is 5.73 Å². The fraction of sp³-hybridized carbons (Fsp3) is 0. The fourth-order valence-corrected chi connectivity index (χ4v) is 1.72. The van der Waals surface area contributed by atoms with Crippen molar-refractivity contribution in [3.63, 3.8) is 0 Å². The first-order valence-electron chi connectivity index (χ1n) is 4.42. The van der Waals surface area contributed by atoms with Crippen LogP contribution in [-0.2, 0) is 0 Å². The molecule has 2 rings (SSSR count). The second-order valence-electron chi connectivity index (χ2n) is 3.10. The van der Waals surface area contributed by atoms with E-state index < -0.39 is 0 Å². The number of hydrogen-bond donors (Lipinski definition) is 2. The van der Waals surface area contributed by atoms with E-state index in [-0.39, 0.29) is 52.8 Å². The third-order valence-electron chi connectivity index (χ3n) is 2.16. The van der Waals surface area contributed by atoms with Crippen LogP contribution < -0.4 is 57.1 Å². The Labute approximate surface area is 139 Å². The zero-order valence-electron chi connectivity index (χ0n) is 9.64. The SMILES string of the molecule is Nc1ccccc1-c1ccccc1S.[H-].[K+]. The van der Waals surface area contributed by atoms with Crippen LogP contribution in [0.25, 0.3) is 11.1 Å².